The number of aromatic nitrogens is 1. The van der Waals surface area contributed by atoms with Crippen molar-refractivity contribution in [1.82, 2.24) is 4.98 Å². The highest BCUT2D eigenvalue weighted by Crippen LogP contribution is 2.32. The number of hydrogen-bond donors (Lipinski definition) is 3. The molecule has 1 heterocycles. The highest BCUT2D eigenvalue weighted by atomic mass is 35.5. The molecule has 0 aliphatic heterocycles. The molecule has 3 aromatic carbocycles. The first-order valence-corrected chi connectivity index (χ1v) is 9.98. The minimum absolute atomic E-state index is 0.399. The normalized spacial score (nSPS) is 10.7. The monoisotopic (exact) mass is 441 g/mol. The molecule has 1 aromatic heterocycles. The second-order valence-electron chi connectivity index (χ2n) is 6.42. The number of thiocarbonyl (C=S) groups is 1. The van der Waals surface area contributed by atoms with Gasteiger partial charge in [0.1, 0.15) is 5.75 Å². The van der Waals surface area contributed by atoms with Gasteiger partial charge in [0.15, 0.2) is 5.11 Å². The van der Waals surface area contributed by atoms with E-state index >= 15 is 0 Å². The van der Waals surface area contributed by atoms with Crippen LogP contribution in [0.3, 0.4) is 0 Å². The summed E-state index contributed by atoms with van der Waals surface area (Å²) in [4.78, 5) is 3.44. The Morgan fingerprint density at radius 3 is 2.41 bits per heavy atom. The van der Waals surface area contributed by atoms with Crippen LogP contribution in [-0.4, -0.2) is 17.2 Å². The molecule has 29 heavy (non-hydrogen) atoms. The molecule has 0 amide bonds. The average molecular weight is 442 g/mol. The third kappa shape index (κ3) is 4.48. The number of anilines is 2. The van der Waals surface area contributed by atoms with Gasteiger partial charge in [-0.15, -0.1) is 0 Å². The fourth-order valence-electron chi connectivity index (χ4n) is 3.11. The Bertz CT molecular complexity index is 1150. The molecule has 4 aromatic rings. The van der Waals surface area contributed by atoms with Crippen molar-refractivity contribution >= 4 is 62.8 Å². The third-order valence-electron chi connectivity index (χ3n) is 4.41. The first-order chi connectivity index (χ1) is 14.0. The van der Waals surface area contributed by atoms with E-state index in [0.29, 0.717) is 26.6 Å². The van der Waals surface area contributed by atoms with E-state index < -0.39 is 0 Å². The van der Waals surface area contributed by atoms with E-state index in [0.717, 1.165) is 27.8 Å². The number of hydrogen-bond acceptors (Lipinski definition) is 2. The number of benzene rings is 3. The van der Waals surface area contributed by atoms with Crippen LogP contribution in [0.1, 0.15) is 0 Å². The minimum atomic E-state index is 0.399. The van der Waals surface area contributed by atoms with Gasteiger partial charge in [0, 0.05) is 37.9 Å². The predicted octanol–water partition coefficient (Wildman–Crippen LogP) is 6.96. The van der Waals surface area contributed by atoms with Crippen molar-refractivity contribution in [1.29, 1.82) is 0 Å². The minimum Gasteiger partial charge on any atom is -0.495 e. The standard InChI is InChI=1S/C22H17Cl2N3OS/c1-28-21-7-6-14(19-8-13-4-2-3-5-18(13)26-19)9-20(21)27-22(29)25-17-11-15(23)10-16(24)12-17/h2-12,26H,1H3,(H2,25,27,29). The molecular formula is C22H17Cl2N3OS. The molecule has 0 saturated carbocycles. The van der Waals surface area contributed by atoms with Gasteiger partial charge in [-0.25, -0.2) is 0 Å². The smallest absolute Gasteiger partial charge is 0.175 e. The summed E-state index contributed by atoms with van der Waals surface area (Å²) in [5.74, 6) is 0.679. The zero-order valence-corrected chi connectivity index (χ0v) is 17.8. The van der Waals surface area contributed by atoms with Gasteiger partial charge >= 0.3 is 0 Å². The maximum atomic E-state index is 6.05. The van der Waals surface area contributed by atoms with Crippen LogP contribution < -0.4 is 15.4 Å². The molecule has 0 aliphatic rings. The van der Waals surface area contributed by atoms with Gasteiger partial charge in [-0.3, -0.25) is 0 Å². The van der Waals surface area contributed by atoms with Crippen molar-refractivity contribution in [3.8, 4) is 17.0 Å². The summed E-state index contributed by atoms with van der Waals surface area (Å²) in [6.45, 7) is 0. The number of H-pyrrole nitrogens is 1. The molecule has 0 unspecified atom stereocenters. The third-order valence-corrected chi connectivity index (χ3v) is 5.05. The lowest BCUT2D eigenvalue weighted by Crippen LogP contribution is -2.19. The molecule has 0 aliphatic carbocycles. The Morgan fingerprint density at radius 1 is 0.931 bits per heavy atom. The number of fused-ring (bicyclic) bond motifs is 1. The predicted molar refractivity (Wildman–Crippen MR) is 127 cm³/mol. The number of aromatic amines is 1. The van der Waals surface area contributed by atoms with Gasteiger partial charge in [0.2, 0.25) is 0 Å². The Balaban J connectivity index is 1.60. The lowest BCUT2D eigenvalue weighted by atomic mass is 10.1. The average Bonchev–Trinajstić information content (AvgIpc) is 3.11. The first kappa shape index (κ1) is 19.6. The Labute approximate surface area is 183 Å². The highest BCUT2D eigenvalue weighted by Gasteiger charge is 2.10. The second-order valence-corrected chi connectivity index (χ2v) is 7.70. The lowest BCUT2D eigenvalue weighted by molar-refractivity contribution is 0.417. The molecule has 146 valence electrons. The number of rotatable bonds is 4. The van der Waals surface area contributed by atoms with E-state index in [-0.39, 0.29) is 0 Å². The van der Waals surface area contributed by atoms with Crippen molar-refractivity contribution < 1.29 is 4.74 Å². The molecule has 3 N–H and O–H groups in total. The van der Waals surface area contributed by atoms with Gasteiger partial charge in [0.25, 0.3) is 0 Å². The highest BCUT2D eigenvalue weighted by molar-refractivity contribution is 7.80. The molecule has 4 rings (SSSR count). The number of nitrogens with one attached hydrogen (secondary N) is 3. The van der Waals surface area contributed by atoms with E-state index in [1.807, 2.05) is 30.3 Å². The van der Waals surface area contributed by atoms with Gasteiger partial charge in [-0.2, -0.15) is 0 Å². The zero-order chi connectivity index (χ0) is 20.4. The van der Waals surface area contributed by atoms with Crippen molar-refractivity contribution in [3.63, 3.8) is 0 Å². The van der Waals surface area contributed by atoms with E-state index in [2.05, 4.69) is 33.8 Å². The van der Waals surface area contributed by atoms with Gasteiger partial charge in [0.05, 0.1) is 12.8 Å². The van der Waals surface area contributed by atoms with Gasteiger partial charge in [-0.05, 0) is 60.7 Å². The molecule has 7 heteroatoms. The van der Waals surface area contributed by atoms with Crippen molar-refractivity contribution in [2.24, 2.45) is 0 Å². The van der Waals surface area contributed by atoms with Crippen LogP contribution in [0.5, 0.6) is 5.75 Å². The quantitative estimate of drug-likeness (QED) is 0.299. The zero-order valence-electron chi connectivity index (χ0n) is 15.4. The van der Waals surface area contributed by atoms with E-state index in [4.69, 9.17) is 40.2 Å². The summed E-state index contributed by atoms with van der Waals surface area (Å²) in [5.41, 5.74) is 4.55. The van der Waals surface area contributed by atoms with E-state index in [9.17, 15) is 0 Å². The van der Waals surface area contributed by atoms with Crippen LogP contribution in [0.4, 0.5) is 11.4 Å². The second kappa shape index (κ2) is 8.33. The Kier molecular flexibility index (Phi) is 5.62. The summed E-state index contributed by atoms with van der Waals surface area (Å²) in [6.07, 6.45) is 0. The molecule has 4 nitrogen and oxygen atoms in total. The van der Waals surface area contributed by atoms with Crippen molar-refractivity contribution in [2.45, 2.75) is 0 Å². The SMILES string of the molecule is COc1ccc(-c2cc3ccccc3[nH]2)cc1NC(=S)Nc1cc(Cl)cc(Cl)c1. The maximum absolute atomic E-state index is 6.05. The van der Waals surface area contributed by atoms with Gasteiger partial charge in [-0.1, -0.05) is 41.4 Å². The van der Waals surface area contributed by atoms with E-state index in [1.54, 1.807) is 25.3 Å². The van der Waals surface area contributed by atoms with Crippen molar-refractivity contribution in [2.75, 3.05) is 17.7 Å². The topological polar surface area (TPSA) is 49.1 Å². The summed E-state index contributed by atoms with van der Waals surface area (Å²) in [5, 5.41) is 8.89. The molecule has 0 atom stereocenters. The fourth-order valence-corrected chi connectivity index (χ4v) is 3.87. The summed E-state index contributed by atoms with van der Waals surface area (Å²) in [7, 11) is 1.62. The molecule has 0 spiro atoms. The van der Waals surface area contributed by atoms with Crippen LogP contribution >= 0.6 is 35.4 Å². The summed E-state index contributed by atoms with van der Waals surface area (Å²) < 4.78 is 5.48. The molecule has 0 bridgehead atoms. The van der Waals surface area contributed by atoms with Crippen molar-refractivity contribution in [3.05, 3.63) is 76.8 Å². The number of halogens is 2. The fraction of sp³-hybridized carbons (Fsp3) is 0.0455. The maximum Gasteiger partial charge on any atom is 0.175 e. The molecular weight excluding hydrogens is 425 g/mol. The van der Waals surface area contributed by atoms with Crippen LogP contribution in [0, 0.1) is 0 Å². The van der Waals surface area contributed by atoms with E-state index in [1.165, 1.54) is 0 Å². The summed E-state index contributed by atoms with van der Waals surface area (Å²) in [6, 6.07) is 21.3. The number of ether oxygens (including phenoxy) is 1. The molecule has 0 radical (unpaired) electrons. The number of methoxy groups -OCH3 is 1. The number of para-hydroxylation sites is 1. The van der Waals surface area contributed by atoms with Gasteiger partial charge < -0.3 is 20.4 Å². The molecule has 0 fully saturated rings. The van der Waals surface area contributed by atoms with Crippen LogP contribution in [0.2, 0.25) is 10.0 Å². The largest absolute Gasteiger partial charge is 0.495 e. The van der Waals surface area contributed by atoms with Crippen LogP contribution in [-0.2, 0) is 0 Å². The van der Waals surface area contributed by atoms with Crippen LogP contribution in [0.15, 0.2) is 66.7 Å². The Morgan fingerprint density at radius 2 is 1.69 bits per heavy atom. The molecule has 0 saturated heterocycles. The summed E-state index contributed by atoms with van der Waals surface area (Å²) >= 11 is 17.6. The first-order valence-electron chi connectivity index (χ1n) is 8.82. The van der Waals surface area contributed by atoms with Crippen LogP contribution in [0.25, 0.3) is 22.2 Å². The lowest BCUT2D eigenvalue weighted by Gasteiger charge is -2.15. The Hall–Kier alpha value is -2.73.